The number of pyridine rings is 2. The molecule has 2 aromatic heterocycles. The van der Waals surface area contributed by atoms with E-state index in [0.29, 0.717) is 12.5 Å². The molecule has 1 aromatic carbocycles. The molecule has 1 N–H and O–H groups in total. The quantitative estimate of drug-likeness (QED) is 0.542. The number of nitrogens with one attached hydrogen (secondary N) is 1. The third-order valence-electron chi connectivity index (χ3n) is 3.92. The van der Waals surface area contributed by atoms with E-state index < -0.39 is 24.6 Å². The molecule has 6 nitrogen and oxygen atoms in total. The number of aromatic nitrogens is 2. The zero-order valence-corrected chi connectivity index (χ0v) is 16.8. The number of hydrogen-bond donors (Lipinski definition) is 1. The summed E-state index contributed by atoms with van der Waals surface area (Å²) >= 11 is 5.87. The number of alkyl halides is 3. The lowest BCUT2D eigenvalue weighted by Gasteiger charge is -2.11. The minimum absolute atomic E-state index is 0.0824. The number of rotatable bonds is 8. The first kappa shape index (κ1) is 22.4. The van der Waals surface area contributed by atoms with Crippen molar-refractivity contribution in [3.05, 3.63) is 82.6 Å². The fourth-order valence-corrected chi connectivity index (χ4v) is 2.68. The van der Waals surface area contributed by atoms with E-state index in [1.165, 1.54) is 6.07 Å². The van der Waals surface area contributed by atoms with E-state index in [-0.39, 0.29) is 17.1 Å². The van der Waals surface area contributed by atoms with Crippen molar-refractivity contribution in [1.29, 1.82) is 0 Å². The highest BCUT2D eigenvalue weighted by Gasteiger charge is 2.29. The molecule has 0 spiro atoms. The summed E-state index contributed by atoms with van der Waals surface area (Å²) in [5.74, 6) is -0.489. The second kappa shape index (κ2) is 10.1. The highest BCUT2D eigenvalue weighted by atomic mass is 35.5. The average molecular weight is 452 g/mol. The van der Waals surface area contributed by atoms with Gasteiger partial charge in [-0.1, -0.05) is 41.9 Å². The highest BCUT2D eigenvalue weighted by molar-refractivity contribution is 6.32. The molecule has 0 fully saturated rings. The van der Waals surface area contributed by atoms with Gasteiger partial charge in [-0.05, 0) is 23.3 Å². The number of amides is 1. The van der Waals surface area contributed by atoms with Gasteiger partial charge in [0, 0.05) is 25.0 Å². The Morgan fingerprint density at radius 3 is 2.52 bits per heavy atom. The predicted molar refractivity (Wildman–Crippen MR) is 107 cm³/mol. The number of benzene rings is 1. The van der Waals surface area contributed by atoms with Crippen molar-refractivity contribution in [2.75, 3.05) is 6.61 Å². The van der Waals surface area contributed by atoms with E-state index in [1.54, 1.807) is 18.3 Å². The van der Waals surface area contributed by atoms with E-state index in [2.05, 4.69) is 20.0 Å². The largest absolute Gasteiger partial charge is 0.473 e. The lowest BCUT2D eigenvalue weighted by atomic mass is 10.2. The van der Waals surface area contributed by atoms with Gasteiger partial charge in [0.05, 0.1) is 5.56 Å². The summed E-state index contributed by atoms with van der Waals surface area (Å²) in [5.41, 5.74) is 1.82. The summed E-state index contributed by atoms with van der Waals surface area (Å²) < 4.78 is 46.9. The van der Waals surface area contributed by atoms with Gasteiger partial charge in [0.1, 0.15) is 11.6 Å². The Labute approximate surface area is 181 Å². The average Bonchev–Trinajstić information content (AvgIpc) is 2.75. The molecule has 31 heavy (non-hydrogen) atoms. The van der Waals surface area contributed by atoms with Crippen molar-refractivity contribution in [1.82, 2.24) is 15.3 Å². The molecule has 0 saturated carbocycles. The maximum absolute atomic E-state index is 12.3. The molecular weight excluding hydrogens is 435 g/mol. The van der Waals surface area contributed by atoms with Gasteiger partial charge in [-0.2, -0.15) is 13.2 Å². The van der Waals surface area contributed by atoms with Gasteiger partial charge in [0.2, 0.25) is 11.8 Å². The van der Waals surface area contributed by atoms with Crippen LogP contribution in [0.1, 0.15) is 21.5 Å². The SMILES string of the molecule is O=C(NCc1ccnc(OCc2ccccc2)c1)c1cnc(OCC(F)(F)F)c(Cl)c1. The summed E-state index contributed by atoms with van der Waals surface area (Å²) in [6, 6.07) is 14.2. The Morgan fingerprint density at radius 2 is 1.81 bits per heavy atom. The van der Waals surface area contributed by atoms with Crippen LogP contribution in [-0.2, 0) is 13.2 Å². The molecule has 3 rings (SSSR count). The molecule has 0 bridgehead atoms. The van der Waals surface area contributed by atoms with Crippen LogP contribution in [0.25, 0.3) is 0 Å². The van der Waals surface area contributed by atoms with Crippen LogP contribution in [-0.4, -0.2) is 28.7 Å². The van der Waals surface area contributed by atoms with Crippen molar-refractivity contribution in [2.24, 2.45) is 0 Å². The molecular formula is C21H17ClF3N3O3. The first-order valence-electron chi connectivity index (χ1n) is 9.05. The van der Waals surface area contributed by atoms with Gasteiger partial charge in [-0.3, -0.25) is 4.79 Å². The predicted octanol–water partition coefficient (Wildman–Crippen LogP) is 4.58. The topological polar surface area (TPSA) is 73.3 Å². The van der Waals surface area contributed by atoms with E-state index in [1.807, 2.05) is 30.3 Å². The van der Waals surface area contributed by atoms with Gasteiger partial charge < -0.3 is 14.8 Å². The van der Waals surface area contributed by atoms with Crippen LogP contribution in [0.15, 0.2) is 60.9 Å². The van der Waals surface area contributed by atoms with Crippen molar-refractivity contribution in [2.45, 2.75) is 19.3 Å². The molecule has 1 amide bonds. The number of halogens is 4. The van der Waals surface area contributed by atoms with E-state index in [4.69, 9.17) is 16.3 Å². The minimum atomic E-state index is -4.52. The highest BCUT2D eigenvalue weighted by Crippen LogP contribution is 2.25. The van der Waals surface area contributed by atoms with Gasteiger partial charge in [-0.25, -0.2) is 9.97 Å². The van der Waals surface area contributed by atoms with Crippen LogP contribution in [0.4, 0.5) is 13.2 Å². The smallest absolute Gasteiger partial charge is 0.422 e. The lowest BCUT2D eigenvalue weighted by Crippen LogP contribution is -2.23. The van der Waals surface area contributed by atoms with E-state index in [0.717, 1.165) is 17.3 Å². The zero-order chi connectivity index (χ0) is 22.3. The third kappa shape index (κ3) is 7.14. The van der Waals surface area contributed by atoms with Crippen LogP contribution in [0.3, 0.4) is 0 Å². The van der Waals surface area contributed by atoms with Crippen molar-refractivity contribution in [3.8, 4) is 11.8 Å². The molecule has 3 aromatic rings. The summed E-state index contributed by atoms with van der Waals surface area (Å²) in [7, 11) is 0. The van der Waals surface area contributed by atoms with Crippen LogP contribution >= 0.6 is 11.6 Å². The molecule has 0 saturated heterocycles. The number of hydrogen-bond acceptors (Lipinski definition) is 5. The standard InChI is InChI=1S/C21H17ClF3N3O3/c22-17-9-16(11-28-20(17)31-13-21(23,24)25)19(29)27-10-15-6-7-26-18(8-15)30-12-14-4-2-1-3-5-14/h1-9,11H,10,12-13H2,(H,27,29). The summed E-state index contributed by atoms with van der Waals surface area (Å²) in [4.78, 5) is 20.1. The zero-order valence-electron chi connectivity index (χ0n) is 16.0. The van der Waals surface area contributed by atoms with Crippen molar-refractivity contribution < 1.29 is 27.4 Å². The summed E-state index contributed by atoms with van der Waals surface area (Å²) in [6.07, 6.45) is -1.86. The number of nitrogens with zero attached hydrogens (tertiary/aromatic N) is 2. The maximum atomic E-state index is 12.3. The molecule has 0 aliphatic heterocycles. The minimum Gasteiger partial charge on any atom is -0.473 e. The normalized spacial score (nSPS) is 11.1. The molecule has 10 heteroatoms. The number of ether oxygens (including phenoxy) is 2. The fraction of sp³-hybridized carbons (Fsp3) is 0.190. The second-order valence-corrected chi connectivity index (χ2v) is 6.78. The Balaban J connectivity index is 1.55. The second-order valence-electron chi connectivity index (χ2n) is 6.37. The van der Waals surface area contributed by atoms with Gasteiger partial charge in [-0.15, -0.1) is 0 Å². The summed E-state index contributed by atoms with van der Waals surface area (Å²) in [6.45, 7) is -0.994. The fourth-order valence-electron chi connectivity index (χ4n) is 2.46. The Bertz CT molecular complexity index is 1030. The Morgan fingerprint density at radius 1 is 1.03 bits per heavy atom. The molecule has 0 unspecified atom stereocenters. The molecule has 162 valence electrons. The molecule has 0 aliphatic rings. The van der Waals surface area contributed by atoms with Crippen molar-refractivity contribution in [3.63, 3.8) is 0 Å². The molecule has 2 heterocycles. The van der Waals surface area contributed by atoms with Crippen LogP contribution in [0, 0.1) is 0 Å². The van der Waals surface area contributed by atoms with Gasteiger partial charge in [0.15, 0.2) is 6.61 Å². The Kier molecular flexibility index (Phi) is 7.30. The monoisotopic (exact) mass is 451 g/mol. The van der Waals surface area contributed by atoms with Crippen LogP contribution in [0.5, 0.6) is 11.8 Å². The number of carbonyl (C=O) groups is 1. The first-order chi connectivity index (χ1) is 14.8. The van der Waals surface area contributed by atoms with Crippen LogP contribution in [0.2, 0.25) is 5.02 Å². The van der Waals surface area contributed by atoms with Crippen LogP contribution < -0.4 is 14.8 Å². The molecule has 0 atom stereocenters. The first-order valence-corrected chi connectivity index (χ1v) is 9.43. The Hall–Kier alpha value is -3.33. The lowest BCUT2D eigenvalue weighted by molar-refractivity contribution is -0.154. The van der Waals surface area contributed by atoms with Gasteiger partial charge >= 0.3 is 6.18 Å². The maximum Gasteiger partial charge on any atom is 0.422 e. The molecule has 0 aliphatic carbocycles. The van der Waals surface area contributed by atoms with E-state index in [9.17, 15) is 18.0 Å². The van der Waals surface area contributed by atoms with E-state index >= 15 is 0 Å². The molecule has 0 radical (unpaired) electrons. The van der Waals surface area contributed by atoms with Gasteiger partial charge in [0.25, 0.3) is 5.91 Å². The number of carbonyl (C=O) groups excluding carboxylic acids is 1. The van der Waals surface area contributed by atoms with Crippen molar-refractivity contribution >= 4 is 17.5 Å². The summed E-state index contributed by atoms with van der Waals surface area (Å²) in [5, 5.41) is 2.48. The third-order valence-corrected chi connectivity index (χ3v) is 4.19.